The minimum atomic E-state index is 0.0515. The number of fused-ring (bicyclic) bond motifs is 1. The van der Waals surface area contributed by atoms with Crippen LogP contribution in [0.25, 0.3) is 10.2 Å². The van der Waals surface area contributed by atoms with E-state index in [2.05, 4.69) is 47.1 Å². The van der Waals surface area contributed by atoms with Crippen LogP contribution < -0.4 is 5.32 Å². The van der Waals surface area contributed by atoms with Crippen molar-refractivity contribution in [1.82, 2.24) is 15.0 Å². The zero-order chi connectivity index (χ0) is 15.7. The fraction of sp³-hybridized carbons (Fsp3) is 0.250. The molecule has 0 bridgehead atoms. The summed E-state index contributed by atoms with van der Waals surface area (Å²) >= 11 is 1.70. The smallest absolute Gasteiger partial charge is 0.158 e. The summed E-state index contributed by atoms with van der Waals surface area (Å²) in [6.45, 7) is 6.49. The third-order valence-corrected chi connectivity index (χ3v) is 4.51. The van der Waals surface area contributed by atoms with E-state index in [9.17, 15) is 0 Å². The molecule has 0 aliphatic rings. The van der Waals surface area contributed by atoms with Gasteiger partial charge in [0.1, 0.15) is 11.9 Å². The lowest BCUT2D eigenvalue weighted by Crippen LogP contribution is -2.09. The van der Waals surface area contributed by atoms with Gasteiger partial charge in [-0.25, -0.2) is 15.0 Å². The Bertz CT molecular complexity index is 853. The molecule has 3 rings (SSSR count). The Morgan fingerprint density at radius 2 is 2.00 bits per heavy atom. The summed E-state index contributed by atoms with van der Waals surface area (Å²) in [5, 5.41) is 13.0. The third-order valence-electron chi connectivity index (χ3n) is 3.07. The molecule has 110 valence electrons. The predicted molar refractivity (Wildman–Crippen MR) is 88.3 cm³/mol. The summed E-state index contributed by atoms with van der Waals surface area (Å²) in [6, 6.07) is 7.98. The van der Waals surface area contributed by atoms with E-state index in [1.807, 2.05) is 18.2 Å². The second-order valence-electron chi connectivity index (χ2n) is 5.98. The molecule has 22 heavy (non-hydrogen) atoms. The maximum atomic E-state index is 8.73. The zero-order valence-corrected chi connectivity index (χ0v) is 13.4. The Balaban J connectivity index is 1.89. The highest BCUT2D eigenvalue weighted by Crippen LogP contribution is 2.32. The highest BCUT2D eigenvalue weighted by Gasteiger charge is 2.18. The van der Waals surface area contributed by atoms with Crippen molar-refractivity contribution in [3.05, 3.63) is 41.3 Å². The van der Waals surface area contributed by atoms with Crippen LogP contribution in [-0.2, 0) is 5.41 Å². The maximum absolute atomic E-state index is 8.73. The van der Waals surface area contributed by atoms with E-state index in [0.717, 1.165) is 20.9 Å². The molecule has 0 atom stereocenters. The number of thiazole rings is 1. The van der Waals surface area contributed by atoms with Gasteiger partial charge in [-0.15, -0.1) is 11.3 Å². The monoisotopic (exact) mass is 309 g/mol. The van der Waals surface area contributed by atoms with Crippen molar-refractivity contribution < 1.29 is 0 Å². The lowest BCUT2D eigenvalue weighted by molar-refractivity contribution is 0.587. The fourth-order valence-corrected chi connectivity index (χ4v) is 2.98. The molecule has 5 nitrogen and oxygen atoms in total. The van der Waals surface area contributed by atoms with E-state index >= 15 is 0 Å². The quantitative estimate of drug-likeness (QED) is 0.774. The number of nitriles is 1. The van der Waals surface area contributed by atoms with Crippen molar-refractivity contribution in [3.63, 3.8) is 0 Å². The first-order chi connectivity index (χ1) is 10.5. The Kier molecular flexibility index (Phi) is 3.51. The van der Waals surface area contributed by atoms with E-state index < -0.39 is 0 Å². The summed E-state index contributed by atoms with van der Waals surface area (Å²) in [6.07, 6.45) is 3.00. The Morgan fingerprint density at radius 1 is 1.18 bits per heavy atom. The molecule has 0 aliphatic carbocycles. The van der Waals surface area contributed by atoms with Gasteiger partial charge < -0.3 is 5.32 Å². The van der Waals surface area contributed by atoms with E-state index in [1.165, 1.54) is 6.20 Å². The highest BCUT2D eigenvalue weighted by atomic mass is 32.1. The summed E-state index contributed by atoms with van der Waals surface area (Å²) in [7, 11) is 0. The van der Waals surface area contributed by atoms with Gasteiger partial charge in [-0.05, 0) is 18.2 Å². The molecule has 3 aromatic rings. The maximum Gasteiger partial charge on any atom is 0.158 e. The SMILES string of the molecule is CC(C)(C)c1nc2ccc(Nc3cnc(C#N)cn3)cc2s1. The number of nitrogens with one attached hydrogen (secondary N) is 1. The van der Waals surface area contributed by atoms with Crippen molar-refractivity contribution in [2.24, 2.45) is 0 Å². The molecular formula is C16H15N5S. The van der Waals surface area contributed by atoms with E-state index in [1.54, 1.807) is 17.5 Å². The topological polar surface area (TPSA) is 74.5 Å². The molecule has 0 fully saturated rings. The van der Waals surface area contributed by atoms with Gasteiger partial charge in [0.25, 0.3) is 0 Å². The van der Waals surface area contributed by atoms with Crippen LogP contribution in [0, 0.1) is 11.3 Å². The van der Waals surface area contributed by atoms with Crippen molar-refractivity contribution in [2.45, 2.75) is 26.2 Å². The van der Waals surface area contributed by atoms with Gasteiger partial charge in [0.2, 0.25) is 0 Å². The van der Waals surface area contributed by atoms with Gasteiger partial charge in [-0.3, -0.25) is 0 Å². The predicted octanol–water partition coefficient (Wildman–Crippen LogP) is 4.00. The zero-order valence-electron chi connectivity index (χ0n) is 12.6. The minimum absolute atomic E-state index is 0.0515. The number of hydrogen-bond donors (Lipinski definition) is 1. The molecule has 0 unspecified atom stereocenters. The molecule has 2 heterocycles. The standard InChI is InChI=1S/C16H15N5S/c1-16(2,3)15-21-12-5-4-10(6-13(12)22-15)20-14-9-18-11(7-17)8-19-14/h4-6,8-9H,1-3H3,(H,19,20). The molecule has 0 spiro atoms. The lowest BCUT2D eigenvalue weighted by atomic mass is 9.98. The van der Waals surface area contributed by atoms with Crippen LogP contribution >= 0.6 is 11.3 Å². The van der Waals surface area contributed by atoms with Gasteiger partial charge in [-0.1, -0.05) is 20.8 Å². The molecule has 0 saturated heterocycles. The van der Waals surface area contributed by atoms with Crippen molar-refractivity contribution in [2.75, 3.05) is 5.32 Å². The van der Waals surface area contributed by atoms with Crippen LogP contribution in [0.3, 0.4) is 0 Å². The Hall–Kier alpha value is -2.52. The Labute approximate surface area is 132 Å². The molecule has 1 N–H and O–H groups in total. The summed E-state index contributed by atoms with van der Waals surface area (Å²) < 4.78 is 1.14. The molecular weight excluding hydrogens is 294 g/mol. The number of aromatic nitrogens is 3. The normalized spacial score (nSPS) is 11.4. The van der Waals surface area contributed by atoms with Gasteiger partial charge in [0, 0.05) is 11.1 Å². The number of nitrogens with zero attached hydrogens (tertiary/aromatic N) is 4. The third kappa shape index (κ3) is 2.90. The summed E-state index contributed by atoms with van der Waals surface area (Å²) in [5.74, 6) is 0.610. The fourth-order valence-electron chi connectivity index (χ4n) is 1.92. The van der Waals surface area contributed by atoms with Crippen LogP contribution in [-0.4, -0.2) is 15.0 Å². The lowest BCUT2D eigenvalue weighted by Gasteiger charge is -2.13. The van der Waals surface area contributed by atoms with Crippen LogP contribution in [0.4, 0.5) is 11.5 Å². The van der Waals surface area contributed by atoms with Crippen molar-refractivity contribution in [1.29, 1.82) is 5.26 Å². The molecule has 1 aromatic carbocycles. The molecule has 0 aliphatic heterocycles. The molecule has 2 aromatic heterocycles. The Morgan fingerprint density at radius 3 is 2.64 bits per heavy atom. The largest absolute Gasteiger partial charge is 0.339 e. The first kappa shape index (κ1) is 14.4. The average Bonchev–Trinajstić information content (AvgIpc) is 2.91. The van der Waals surface area contributed by atoms with Crippen LogP contribution in [0.15, 0.2) is 30.6 Å². The first-order valence-corrected chi connectivity index (χ1v) is 7.67. The molecule has 0 saturated carbocycles. The van der Waals surface area contributed by atoms with Crippen LogP contribution in [0.5, 0.6) is 0 Å². The molecule has 6 heteroatoms. The summed E-state index contributed by atoms with van der Waals surface area (Å²) in [5.41, 5.74) is 2.29. The number of anilines is 2. The number of hydrogen-bond acceptors (Lipinski definition) is 6. The van der Waals surface area contributed by atoms with Gasteiger partial charge >= 0.3 is 0 Å². The van der Waals surface area contributed by atoms with Crippen molar-refractivity contribution >= 4 is 33.1 Å². The minimum Gasteiger partial charge on any atom is -0.339 e. The van der Waals surface area contributed by atoms with E-state index in [4.69, 9.17) is 5.26 Å². The van der Waals surface area contributed by atoms with Crippen molar-refractivity contribution in [3.8, 4) is 6.07 Å². The average molecular weight is 309 g/mol. The van der Waals surface area contributed by atoms with Gasteiger partial charge in [0.05, 0.1) is 27.6 Å². The van der Waals surface area contributed by atoms with Gasteiger partial charge in [-0.2, -0.15) is 5.26 Å². The number of rotatable bonds is 2. The second-order valence-corrected chi connectivity index (χ2v) is 7.01. The first-order valence-electron chi connectivity index (χ1n) is 6.86. The van der Waals surface area contributed by atoms with Crippen LogP contribution in [0.2, 0.25) is 0 Å². The number of benzene rings is 1. The summed E-state index contributed by atoms with van der Waals surface area (Å²) in [4.78, 5) is 12.8. The van der Waals surface area contributed by atoms with Gasteiger partial charge in [0.15, 0.2) is 5.69 Å². The van der Waals surface area contributed by atoms with E-state index in [-0.39, 0.29) is 5.41 Å². The molecule has 0 amide bonds. The highest BCUT2D eigenvalue weighted by molar-refractivity contribution is 7.18. The second kappa shape index (κ2) is 5.35. The van der Waals surface area contributed by atoms with E-state index in [0.29, 0.717) is 11.5 Å². The molecule has 0 radical (unpaired) electrons. The van der Waals surface area contributed by atoms with Crippen LogP contribution in [0.1, 0.15) is 31.5 Å².